The monoisotopic (exact) mass is 335 g/mol. The van der Waals surface area contributed by atoms with Gasteiger partial charge < -0.3 is 9.32 Å². The lowest BCUT2D eigenvalue weighted by molar-refractivity contribution is 0.0634. The van der Waals surface area contributed by atoms with E-state index >= 15 is 0 Å². The van der Waals surface area contributed by atoms with Gasteiger partial charge in [0.15, 0.2) is 9.84 Å². The molecule has 1 aromatic heterocycles. The molecule has 0 spiro atoms. The van der Waals surface area contributed by atoms with Gasteiger partial charge in [0.05, 0.1) is 17.0 Å². The van der Waals surface area contributed by atoms with Crippen molar-refractivity contribution in [3.8, 4) is 0 Å². The molecule has 2 aromatic rings. The maximum atomic E-state index is 12.7. The van der Waals surface area contributed by atoms with E-state index in [1.807, 2.05) is 0 Å². The lowest BCUT2D eigenvalue weighted by Crippen LogP contribution is -2.49. The first-order valence-corrected chi connectivity index (χ1v) is 9.05. The van der Waals surface area contributed by atoms with Crippen LogP contribution in [0.2, 0.25) is 0 Å². The third kappa shape index (κ3) is 2.76. The van der Waals surface area contributed by atoms with E-state index in [0.29, 0.717) is 17.4 Å². The molecule has 0 aliphatic carbocycles. The van der Waals surface area contributed by atoms with Crippen molar-refractivity contribution >= 4 is 26.7 Å². The Morgan fingerprint density at radius 2 is 2.00 bits per heavy atom. The first kappa shape index (κ1) is 15.7. The summed E-state index contributed by atoms with van der Waals surface area (Å²) >= 11 is 0. The third-order valence-corrected chi connectivity index (χ3v) is 6.36. The van der Waals surface area contributed by atoms with Crippen LogP contribution >= 0.6 is 0 Å². The van der Waals surface area contributed by atoms with Crippen molar-refractivity contribution in [3.05, 3.63) is 46.3 Å². The van der Waals surface area contributed by atoms with Gasteiger partial charge in [0.25, 0.3) is 5.91 Å². The minimum absolute atomic E-state index is 0.0491. The van der Waals surface area contributed by atoms with Crippen LogP contribution in [0.5, 0.6) is 0 Å². The molecule has 7 heteroatoms. The number of carbonyl (C=O) groups is 1. The predicted molar refractivity (Wildman–Crippen MR) is 86.3 cm³/mol. The Bertz CT molecular complexity index is 946. The molecule has 1 atom stereocenters. The summed E-state index contributed by atoms with van der Waals surface area (Å²) in [6, 6.07) is 8.41. The standard InChI is InChI=1S/C16H17NO5S/c1-16(7-8-23(20,21)10-16)17(2)14(18)12-9-11-5-3-4-6-13(11)22-15(12)19/h3-6,9H,7-8,10H2,1-2H3/t16-/m0/s1. The fourth-order valence-corrected chi connectivity index (χ4v) is 5.08. The molecule has 0 unspecified atom stereocenters. The number of hydrogen-bond acceptors (Lipinski definition) is 5. The molecular weight excluding hydrogens is 318 g/mol. The first-order chi connectivity index (χ1) is 10.7. The number of amides is 1. The summed E-state index contributed by atoms with van der Waals surface area (Å²) in [5.41, 5.74) is -1.21. The number of carbonyl (C=O) groups excluding carboxylic acids is 1. The summed E-state index contributed by atoms with van der Waals surface area (Å²) in [5, 5.41) is 0.646. The van der Waals surface area contributed by atoms with Crippen LogP contribution in [0.15, 0.2) is 39.5 Å². The Hall–Kier alpha value is -2.15. The fourth-order valence-electron chi connectivity index (χ4n) is 2.89. The quantitative estimate of drug-likeness (QED) is 0.775. The van der Waals surface area contributed by atoms with Crippen molar-refractivity contribution in [2.45, 2.75) is 18.9 Å². The van der Waals surface area contributed by atoms with Gasteiger partial charge in [0.1, 0.15) is 11.1 Å². The Kier molecular flexibility index (Phi) is 3.55. The third-order valence-electron chi connectivity index (χ3n) is 4.47. The van der Waals surface area contributed by atoms with Gasteiger partial charge in [0.2, 0.25) is 0 Å². The van der Waals surface area contributed by atoms with Gasteiger partial charge in [-0.25, -0.2) is 13.2 Å². The normalized spacial score (nSPS) is 23.0. The number of rotatable bonds is 2. The Labute approximate surface area is 133 Å². The minimum Gasteiger partial charge on any atom is -0.422 e. The zero-order chi connectivity index (χ0) is 16.8. The van der Waals surface area contributed by atoms with Gasteiger partial charge in [-0.1, -0.05) is 18.2 Å². The van der Waals surface area contributed by atoms with Gasteiger partial charge in [0, 0.05) is 12.4 Å². The van der Waals surface area contributed by atoms with E-state index in [1.54, 1.807) is 31.2 Å². The smallest absolute Gasteiger partial charge is 0.349 e. The number of benzene rings is 1. The molecule has 2 heterocycles. The average molecular weight is 335 g/mol. The topological polar surface area (TPSA) is 84.7 Å². The summed E-state index contributed by atoms with van der Waals surface area (Å²) in [7, 11) is -1.63. The maximum Gasteiger partial charge on any atom is 0.349 e. The Morgan fingerprint density at radius 1 is 1.30 bits per heavy atom. The zero-order valence-electron chi connectivity index (χ0n) is 12.9. The number of sulfone groups is 1. The highest BCUT2D eigenvalue weighted by atomic mass is 32.2. The summed E-state index contributed by atoms with van der Waals surface area (Å²) < 4.78 is 28.6. The molecule has 0 radical (unpaired) electrons. The second-order valence-electron chi connectivity index (χ2n) is 6.19. The largest absolute Gasteiger partial charge is 0.422 e. The van der Waals surface area contributed by atoms with E-state index in [1.165, 1.54) is 18.0 Å². The van der Waals surface area contributed by atoms with E-state index in [-0.39, 0.29) is 17.1 Å². The van der Waals surface area contributed by atoms with Crippen molar-refractivity contribution < 1.29 is 17.6 Å². The van der Waals surface area contributed by atoms with E-state index in [0.717, 1.165) is 0 Å². The molecule has 0 N–H and O–H groups in total. The van der Waals surface area contributed by atoms with Crippen molar-refractivity contribution in [1.29, 1.82) is 0 Å². The molecule has 23 heavy (non-hydrogen) atoms. The lowest BCUT2D eigenvalue weighted by Gasteiger charge is -2.34. The van der Waals surface area contributed by atoms with Gasteiger partial charge in [-0.05, 0) is 25.5 Å². The van der Waals surface area contributed by atoms with Crippen molar-refractivity contribution in [3.63, 3.8) is 0 Å². The van der Waals surface area contributed by atoms with E-state index < -0.39 is 26.9 Å². The highest BCUT2D eigenvalue weighted by Gasteiger charge is 2.43. The molecule has 0 saturated carbocycles. The van der Waals surface area contributed by atoms with E-state index in [9.17, 15) is 18.0 Å². The lowest BCUT2D eigenvalue weighted by atomic mass is 9.99. The van der Waals surface area contributed by atoms with Crippen LogP contribution in [0.4, 0.5) is 0 Å². The Morgan fingerprint density at radius 3 is 2.65 bits per heavy atom. The summed E-state index contributed by atoms with van der Waals surface area (Å²) in [4.78, 5) is 26.1. The fraction of sp³-hybridized carbons (Fsp3) is 0.375. The van der Waals surface area contributed by atoms with Crippen LogP contribution < -0.4 is 5.63 Å². The van der Waals surface area contributed by atoms with Crippen molar-refractivity contribution in [2.24, 2.45) is 0 Å². The molecule has 1 saturated heterocycles. The summed E-state index contributed by atoms with van der Waals surface area (Å²) in [5.74, 6) is -0.571. The highest BCUT2D eigenvalue weighted by molar-refractivity contribution is 7.91. The molecule has 0 bridgehead atoms. The van der Waals surface area contributed by atoms with E-state index in [4.69, 9.17) is 4.42 Å². The molecule has 1 fully saturated rings. The molecule has 1 amide bonds. The zero-order valence-corrected chi connectivity index (χ0v) is 13.7. The molecule has 1 aromatic carbocycles. The summed E-state index contributed by atoms with van der Waals surface area (Å²) in [6.45, 7) is 1.72. The van der Waals surface area contributed by atoms with Crippen LogP contribution in [0.1, 0.15) is 23.7 Å². The van der Waals surface area contributed by atoms with Crippen LogP contribution in [0, 0.1) is 0 Å². The first-order valence-electron chi connectivity index (χ1n) is 7.23. The van der Waals surface area contributed by atoms with Gasteiger partial charge in [-0.15, -0.1) is 0 Å². The summed E-state index contributed by atoms with van der Waals surface area (Å²) in [6.07, 6.45) is 0.358. The number of fused-ring (bicyclic) bond motifs is 1. The van der Waals surface area contributed by atoms with Crippen molar-refractivity contribution in [2.75, 3.05) is 18.6 Å². The maximum absolute atomic E-state index is 12.7. The second-order valence-corrected chi connectivity index (χ2v) is 8.37. The van der Waals surface area contributed by atoms with Gasteiger partial charge in [-0.3, -0.25) is 4.79 Å². The van der Waals surface area contributed by atoms with Crippen LogP contribution in [-0.2, 0) is 9.84 Å². The number of para-hydroxylation sites is 1. The molecule has 6 nitrogen and oxygen atoms in total. The second kappa shape index (κ2) is 5.19. The van der Waals surface area contributed by atoms with E-state index in [2.05, 4.69) is 0 Å². The Balaban J connectivity index is 2.00. The molecule has 3 rings (SSSR count). The minimum atomic E-state index is -3.15. The average Bonchev–Trinajstić information content (AvgIpc) is 2.80. The molecule has 122 valence electrons. The number of nitrogens with zero attached hydrogens (tertiary/aromatic N) is 1. The van der Waals surface area contributed by atoms with Crippen LogP contribution in [-0.4, -0.2) is 43.3 Å². The highest BCUT2D eigenvalue weighted by Crippen LogP contribution is 2.29. The number of hydrogen-bond donors (Lipinski definition) is 0. The van der Waals surface area contributed by atoms with Crippen LogP contribution in [0.25, 0.3) is 11.0 Å². The SMILES string of the molecule is CN(C(=O)c1cc2ccccc2oc1=O)[C@@]1(C)CCS(=O)(=O)C1. The molecule has 1 aliphatic rings. The van der Waals surface area contributed by atoms with Gasteiger partial charge in [-0.2, -0.15) is 0 Å². The molecular formula is C16H17NO5S. The van der Waals surface area contributed by atoms with Gasteiger partial charge >= 0.3 is 5.63 Å². The predicted octanol–water partition coefficient (Wildman–Crippen LogP) is 1.44. The molecule has 1 aliphatic heterocycles. The van der Waals surface area contributed by atoms with Crippen LogP contribution in [0.3, 0.4) is 0 Å². The van der Waals surface area contributed by atoms with Crippen molar-refractivity contribution in [1.82, 2.24) is 4.90 Å².